The number of pyridine rings is 1. The molecular weight excluding hydrogens is 592 g/mol. The molecule has 3 N–H and O–H groups in total. The Labute approximate surface area is 268 Å². The van der Waals surface area contributed by atoms with E-state index >= 15 is 0 Å². The number of aromatic nitrogens is 2. The SMILES string of the molecule is CCCN(CCC)C(=O)c1cc(C(=O)N[C@@H](Cc2cc(F)cc(F)c2)C(N)COCc2cc(CC)ccn2)cc(-c2ncco2)c1. The molecule has 4 rings (SSSR count). The summed E-state index contributed by atoms with van der Waals surface area (Å²) in [7, 11) is 0. The van der Waals surface area contributed by atoms with Gasteiger partial charge >= 0.3 is 0 Å². The van der Waals surface area contributed by atoms with Gasteiger partial charge in [0.25, 0.3) is 11.8 Å². The van der Waals surface area contributed by atoms with Crippen LogP contribution in [0.25, 0.3) is 11.5 Å². The van der Waals surface area contributed by atoms with Gasteiger partial charge in [-0.05, 0) is 79.3 Å². The summed E-state index contributed by atoms with van der Waals surface area (Å²) in [5, 5.41) is 2.93. The van der Waals surface area contributed by atoms with Crippen LogP contribution < -0.4 is 11.1 Å². The molecule has 11 heteroatoms. The lowest BCUT2D eigenvalue weighted by Gasteiger charge is -2.26. The highest BCUT2D eigenvalue weighted by molar-refractivity contribution is 6.01. The Morgan fingerprint density at radius 2 is 1.65 bits per heavy atom. The van der Waals surface area contributed by atoms with Crippen LogP contribution >= 0.6 is 0 Å². The van der Waals surface area contributed by atoms with Crippen LogP contribution in [0.2, 0.25) is 0 Å². The molecule has 9 nitrogen and oxygen atoms in total. The minimum Gasteiger partial charge on any atom is -0.445 e. The van der Waals surface area contributed by atoms with E-state index in [9.17, 15) is 18.4 Å². The van der Waals surface area contributed by atoms with Crippen molar-refractivity contribution in [3.05, 3.63) is 107 Å². The van der Waals surface area contributed by atoms with Gasteiger partial charge in [-0.15, -0.1) is 0 Å². The van der Waals surface area contributed by atoms with Gasteiger partial charge in [0.05, 0.1) is 31.1 Å². The molecule has 2 aromatic carbocycles. The highest BCUT2D eigenvalue weighted by Gasteiger charge is 2.25. The molecule has 46 heavy (non-hydrogen) atoms. The van der Waals surface area contributed by atoms with Crippen LogP contribution in [0.1, 0.15) is 71.1 Å². The van der Waals surface area contributed by atoms with Gasteiger partial charge in [0.2, 0.25) is 5.89 Å². The Morgan fingerprint density at radius 1 is 0.935 bits per heavy atom. The third kappa shape index (κ3) is 9.51. The zero-order valence-electron chi connectivity index (χ0n) is 26.5. The molecule has 244 valence electrons. The molecule has 0 saturated heterocycles. The zero-order chi connectivity index (χ0) is 33.1. The first-order valence-corrected chi connectivity index (χ1v) is 15.6. The van der Waals surface area contributed by atoms with Gasteiger partial charge < -0.3 is 25.1 Å². The number of hydrogen-bond donors (Lipinski definition) is 2. The Bertz CT molecular complexity index is 1570. The van der Waals surface area contributed by atoms with Crippen molar-refractivity contribution >= 4 is 11.8 Å². The van der Waals surface area contributed by atoms with E-state index < -0.39 is 29.6 Å². The monoisotopic (exact) mass is 633 g/mol. The number of halogens is 2. The number of amides is 2. The predicted octanol–water partition coefficient (Wildman–Crippen LogP) is 5.72. The van der Waals surface area contributed by atoms with Gasteiger partial charge in [-0.1, -0.05) is 20.8 Å². The first kappa shape index (κ1) is 34.4. The Kier molecular flexibility index (Phi) is 12.5. The minimum atomic E-state index is -0.787. The summed E-state index contributed by atoms with van der Waals surface area (Å²) in [4.78, 5) is 37.7. The van der Waals surface area contributed by atoms with Crippen molar-refractivity contribution in [3.8, 4) is 11.5 Å². The van der Waals surface area contributed by atoms with Crippen LogP contribution in [0.5, 0.6) is 0 Å². The average Bonchev–Trinajstić information content (AvgIpc) is 3.59. The Morgan fingerprint density at radius 3 is 2.30 bits per heavy atom. The fourth-order valence-electron chi connectivity index (χ4n) is 5.20. The molecule has 0 bridgehead atoms. The molecule has 0 aliphatic rings. The molecule has 2 aromatic heterocycles. The van der Waals surface area contributed by atoms with Gasteiger partial charge in [-0.25, -0.2) is 13.8 Å². The Balaban J connectivity index is 1.60. The molecule has 0 aliphatic heterocycles. The maximum absolute atomic E-state index is 14.1. The van der Waals surface area contributed by atoms with Crippen LogP contribution in [-0.4, -0.2) is 58.5 Å². The van der Waals surface area contributed by atoms with E-state index in [2.05, 4.69) is 15.3 Å². The molecule has 0 spiro atoms. The first-order chi connectivity index (χ1) is 22.2. The zero-order valence-corrected chi connectivity index (χ0v) is 26.5. The van der Waals surface area contributed by atoms with Crippen molar-refractivity contribution in [1.29, 1.82) is 0 Å². The average molecular weight is 634 g/mol. The highest BCUT2D eigenvalue weighted by Crippen LogP contribution is 2.23. The van der Waals surface area contributed by atoms with Gasteiger partial charge in [0, 0.05) is 48.1 Å². The van der Waals surface area contributed by atoms with Crippen molar-refractivity contribution in [2.75, 3.05) is 19.7 Å². The van der Waals surface area contributed by atoms with E-state index in [4.69, 9.17) is 14.9 Å². The summed E-state index contributed by atoms with van der Waals surface area (Å²) in [5.41, 5.74) is 9.65. The van der Waals surface area contributed by atoms with Crippen molar-refractivity contribution in [2.45, 2.75) is 65.1 Å². The van der Waals surface area contributed by atoms with E-state index in [1.165, 1.54) is 30.7 Å². The number of nitrogens with two attached hydrogens (primary N) is 1. The maximum Gasteiger partial charge on any atom is 0.253 e. The number of carbonyl (C=O) groups is 2. The van der Waals surface area contributed by atoms with E-state index in [1.54, 1.807) is 23.2 Å². The number of nitrogens with zero attached hydrogens (tertiary/aromatic N) is 3. The molecule has 2 amide bonds. The summed E-state index contributed by atoms with van der Waals surface area (Å²) in [5.74, 6) is -1.98. The van der Waals surface area contributed by atoms with Gasteiger partial charge in [-0.2, -0.15) is 0 Å². The summed E-state index contributed by atoms with van der Waals surface area (Å²) in [6, 6.07) is 10.3. The van der Waals surface area contributed by atoms with Crippen LogP contribution in [0.4, 0.5) is 8.78 Å². The smallest absolute Gasteiger partial charge is 0.253 e. The fraction of sp³-hybridized carbons (Fsp3) is 0.371. The van der Waals surface area contributed by atoms with Crippen molar-refractivity contribution in [3.63, 3.8) is 0 Å². The second-order valence-electron chi connectivity index (χ2n) is 11.2. The summed E-state index contributed by atoms with van der Waals surface area (Å²) < 4.78 is 39.5. The standard InChI is InChI=1S/C35H41F2N5O4/c1-4-10-42(11-5-2)35(44)27-18-25(17-26(19-27)34-40-9-12-46-34)33(43)41-32(16-24-13-28(36)20-29(37)14-24)31(38)22-45-21-30-15-23(6-3)7-8-39-30/h7-9,12-15,17-20,31-32H,4-6,10-11,16,21-22,38H2,1-3H3,(H,41,43)/t31?,32-/m0/s1. The van der Waals surface area contributed by atoms with Crippen LogP contribution in [0.15, 0.2) is 71.6 Å². The van der Waals surface area contributed by atoms with Crippen LogP contribution in [-0.2, 0) is 24.2 Å². The highest BCUT2D eigenvalue weighted by atomic mass is 19.1. The second-order valence-corrected chi connectivity index (χ2v) is 11.2. The molecule has 1 unspecified atom stereocenters. The number of aryl methyl sites for hydroxylation is 1. The number of carbonyl (C=O) groups excluding carboxylic acids is 2. The van der Waals surface area contributed by atoms with Crippen molar-refractivity contribution in [1.82, 2.24) is 20.2 Å². The molecule has 4 aromatic rings. The quantitative estimate of drug-likeness (QED) is 0.162. The topological polar surface area (TPSA) is 124 Å². The molecule has 2 atom stereocenters. The van der Waals surface area contributed by atoms with E-state index in [1.807, 2.05) is 32.9 Å². The third-order valence-electron chi connectivity index (χ3n) is 7.46. The largest absolute Gasteiger partial charge is 0.445 e. The lowest BCUT2D eigenvalue weighted by molar-refractivity contribution is 0.0755. The van der Waals surface area contributed by atoms with E-state index in [-0.39, 0.29) is 37.0 Å². The van der Waals surface area contributed by atoms with Crippen LogP contribution in [0, 0.1) is 11.6 Å². The van der Waals surface area contributed by atoms with Crippen LogP contribution in [0.3, 0.4) is 0 Å². The second kappa shape index (κ2) is 16.7. The van der Waals surface area contributed by atoms with Crippen molar-refractivity contribution in [2.24, 2.45) is 5.73 Å². The number of rotatable bonds is 16. The lowest BCUT2D eigenvalue weighted by atomic mass is 9.98. The molecule has 0 radical (unpaired) electrons. The number of hydrogen-bond acceptors (Lipinski definition) is 7. The lowest BCUT2D eigenvalue weighted by Crippen LogP contribution is -2.51. The summed E-state index contributed by atoms with van der Waals surface area (Å²) in [6.07, 6.45) is 7.04. The van der Waals surface area contributed by atoms with Gasteiger partial charge in [0.15, 0.2) is 0 Å². The number of ether oxygens (including phenoxy) is 1. The van der Waals surface area contributed by atoms with E-state index in [0.29, 0.717) is 29.8 Å². The molecule has 0 saturated carbocycles. The third-order valence-corrected chi connectivity index (χ3v) is 7.46. The molecule has 0 fully saturated rings. The normalized spacial score (nSPS) is 12.5. The predicted molar refractivity (Wildman–Crippen MR) is 171 cm³/mol. The van der Waals surface area contributed by atoms with Gasteiger partial charge in [-0.3, -0.25) is 14.6 Å². The fourth-order valence-corrected chi connectivity index (χ4v) is 5.20. The maximum atomic E-state index is 14.1. The molecule has 0 aliphatic carbocycles. The Hall–Kier alpha value is -4.48. The van der Waals surface area contributed by atoms with Crippen molar-refractivity contribution < 1.29 is 27.5 Å². The minimum absolute atomic E-state index is 0.0283. The summed E-state index contributed by atoms with van der Waals surface area (Å²) >= 11 is 0. The molecular formula is C35H41F2N5O4. The number of nitrogens with one attached hydrogen (secondary N) is 1. The molecule has 2 heterocycles. The number of benzene rings is 2. The van der Waals surface area contributed by atoms with Gasteiger partial charge in [0.1, 0.15) is 17.9 Å². The summed E-state index contributed by atoms with van der Waals surface area (Å²) in [6.45, 7) is 7.40. The van der Waals surface area contributed by atoms with E-state index in [0.717, 1.165) is 36.6 Å². The number of oxazole rings is 1. The first-order valence-electron chi connectivity index (χ1n) is 15.6.